The predicted octanol–water partition coefficient (Wildman–Crippen LogP) is -0.189. The number of hydrogen-bond donors (Lipinski definition) is 12. The lowest BCUT2D eigenvalue weighted by molar-refractivity contribution is -0.144. The van der Waals surface area contributed by atoms with Crippen molar-refractivity contribution in [2.24, 2.45) is 17.6 Å². The number of nitrogens with zero attached hydrogens (tertiary/aromatic N) is 1. The summed E-state index contributed by atoms with van der Waals surface area (Å²) in [6, 6.07) is 0.854. The van der Waals surface area contributed by atoms with Crippen LogP contribution in [0.3, 0.4) is 0 Å². The minimum absolute atomic E-state index is 0.00426. The van der Waals surface area contributed by atoms with Crippen molar-refractivity contribution in [1.29, 1.82) is 0 Å². The standard InChI is InChI=1S/C53H75N9O16/c1-27(2)23-36(58-51(75)44(28(3)4)61-46(70)34(54)18-20-41(63)64)49(73)59-38(25-33-16-11-13-29(5)30(33)6)52(76)62-22-12-17-40(62)50(74)57-37(26-43(67)68)48(72)55-31(7)45(69)56-35(19-21-42(65)66)47(71)60-39(53(77)78)24-32-14-9-8-10-15-32/h8-11,13-16,27-28,31,34-40,44H,12,17-26,54H2,1-7H3,(H,55,72)(H,56,69)(H,57,74)(H,58,75)(H,59,73)(H,60,71)(H,61,70)(H,63,64)(H,65,66)(H,67,68)(H,77,78)/t31-,34-,35-,36-,37-,38-,39-,40+,44-/m0/s1. The summed E-state index contributed by atoms with van der Waals surface area (Å²) in [7, 11) is 0. The quantitative estimate of drug-likeness (QED) is 0.0466. The van der Waals surface area contributed by atoms with E-state index in [0.717, 1.165) is 18.1 Å². The first-order valence-electron chi connectivity index (χ1n) is 25.8. The highest BCUT2D eigenvalue weighted by atomic mass is 16.4. The first kappa shape index (κ1) is 64.3. The second-order valence-electron chi connectivity index (χ2n) is 20.2. The number of likely N-dealkylation sites (tertiary alicyclic amines) is 1. The van der Waals surface area contributed by atoms with Crippen molar-refractivity contribution in [1.82, 2.24) is 42.1 Å². The van der Waals surface area contributed by atoms with E-state index in [-0.39, 0.29) is 57.4 Å². The lowest BCUT2D eigenvalue weighted by Crippen LogP contribution is -2.61. The van der Waals surface area contributed by atoms with Gasteiger partial charge in [0.15, 0.2) is 0 Å². The fourth-order valence-corrected chi connectivity index (χ4v) is 8.59. The Bertz CT molecular complexity index is 2510. The first-order valence-corrected chi connectivity index (χ1v) is 25.8. The summed E-state index contributed by atoms with van der Waals surface area (Å²) >= 11 is 0. The maximum atomic E-state index is 14.8. The highest BCUT2D eigenvalue weighted by Gasteiger charge is 2.41. The Morgan fingerprint density at radius 1 is 0.590 bits per heavy atom. The van der Waals surface area contributed by atoms with Crippen molar-refractivity contribution in [2.45, 2.75) is 167 Å². The second-order valence-corrected chi connectivity index (χ2v) is 20.2. The molecule has 25 heteroatoms. The molecule has 0 unspecified atom stereocenters. The maximum absolute atomic E-state index is 14.8. The van der Waals surface area contributed by atoms with Gasteiger partial charge in [0.05, 0.1) is 12.5 Å². The number of aliphatic carboxylic acids is 4. The van der Waals surface area contributed by atoms with Gasteiger partial charge in [-0.2, -0.15) is 0 Å². The van der Waals surface area contributed by atoms with Gasteiger partial charge in [-0.3, -0.25) is 52.7 Å². The van der Waals surface area contributed by atoms with Crippen LogP contribution in [0.25, 0.3) is 0 Å². The van der Waals surface area contributed by atoms with E-state index in [4.69, 9.17) is 10.8 Å². The van der Waals surface area contributed by atoms with E-state index in [1.165, 1.54) is 4.90 Å². The van der Waals surface area contributed by atoms with Crippen molar-refractivity contribution in [3.63, 3.8) is 0 Å². The zero-order valence-corrected chi connectivity index (χ0v) is 45.0. The molecule has 1 saturated heterocycles. The van der Waals surface area contributed by atoms with Gasteiger partial charge in [0.2, 0.25) is 47.3 Å². The molecule has 3 rings (SSSR count). The van der Waals surface area contributed by atoms with Crippen molar-refractivity contribution >= 4 is 71.1 Å². The number of carbonyl (C=O) groups excluding carboxylic acids is 8. The van der Waals surface area contributed by atoms with Crippen LogP contribution in [0, 0.1) is 25.7 Å². The molecule has 2 aromatic rings. The van der Waals surface area contributed by atoms with Crippen molar-refractivity contribution in [3.8, 4) is 0 Å². The third kappa shape index (κ3) is 20.5. The van der Waals surface area contributed by atoms with E-state index in [2.05, 4.69) is 37.2 Å². The molecule has 0 aliphatic carbocycles. The molecular formula is C53H75N9O16. The van der Waals surface area contributed by atoms with E-state index >= 15 is 0 Å². The zero-order chi connectivity index (χ0) is 58.6. The molecule has 25 nitrogen and oxygen atoms in total. The molecular weight excluding hydrogens is 1020 g/mol. The Kier molecular flexibility index (Phi) is 25.3. The smallest absolute Gasteiger partial charge is 0.326 e. The average molecular weight is 1090 g/mol. The molecule has 1 aliphatic heterocycles. The van der Waals surface area contributed by atoms with Gasteiger partial charge >= 0.3 is 23.9 Å². The van der Waals surface area contributed by atoms with Crippen LogP contribution in [0.5, 0.6) is 0 Å². The Morgan fingerprint density at radius 2 is 1.17 bits per heavy atom. The molecule has 1 fully saturated rings. The van der Waals surface area contributed by atoms with E-state index in [1.807, 2.05) is 19.9 Å². The molecule has 13 N–H and O–H groups in total. The minimum Gasteiger partial charge on any atom is -0.481 e. The third-order valence-electron chi connectivity index (χ3n) is 13.1. The number of benzene rings is 2. The molecule has 8 amide bonds. The van der Waals surface area contributed by atoms with Crippen LogP contribution in [0.1, 0.15) is 108 Å². The largest absolute Gasteiger partial charge is 0.481 e. The van der Waals surface area contributed by atoms with Crippen molar-refractivity contribution < 1.29 is 78.0 Å². The highest BCUT2D eigenvalue weighted by molar-refractivity contribution is 5.99. The summed E-state index contributed by atoms with van der Waals surface area (Å²) in [5, 5.41) is 55.4. The number of aryl methyl sites for hydroxylation is 1. The van der Waals surface area contributed by atoms with Crippen molar-refractivity contribution in [2.75, 3.05) is 6.54 Å². The molecule has 1 aliphatic rings. The van der Waals surface area contributed by atoms with E-state index < -0.39 is 151 Å². The monoisotopic (exact) mass is 1090 g/mol. The van der Waals surface area contributed by atoms with Gasteiger partial charge in [-0.15, -0.1) is 0 Å². The van der Waals surface area contributed by atoms with Gasteiger partial charge in [0.25, 0.3) is 0 Å². The van der Waals surface area contributed by atoms with Gasteiger partial charge in [-0.1, -0.05) is 76.2 Å². The lowest BCUT2D eigenvalue weighted by atomic mass is 9.95. The normalized spacial score (nSPS) is 16.2. The van der Waals surface area contributed by atoms with Crippen LogP contribution in [0.4, 0.5) is 0 Å². The van der Waals surface area contributed by atoms with Gasteiger partial charge in [-0.05, 0) is 87.0 Å². The number of amides is 8. The van der Waals surface area contributed by atoms with Gasteiger partial charge in [0, 0.05) is 32.2 Å². The topological polar surface area (TPSA) is 399 Å². The van der Waals surface area contributed by atoms with Crippen LogP contribution in [0.15, 0.2) is 48.5 Å². The van der Waals surface area contributed by atoms with Gasteiger partial charge in [0.1, 0.15) is 48.3 Å². The lowest BCUT2D eigenvalue weighted by Gasteiger charge is -2.32. The SMILES string of the molecule is Cc1cccc(C[C@H](NC(=O)[C@H](CC(C)C)NC(=O)[C@@H](NC(=O)[C@@H](N)CCC(=O)O)C(C)C)C(=O)N2CCC[C@@H]2C(=O)N[C@@H](CC(=O)O)C(=O)N[C@@H](C)C(=O)N[C@@H](CCC(=O)O)C(=O)N[C@@H](Cc2ccccc2)C(=O)O)c1C. The summed E-state index contributed by atoms with van der Waals surface area (Å²) in [4.78, 5) is 159. The fraction of sp³-hybridized carbons (Fsp3) is 0.547. The van der Waals surface area contributed by atoms with E-state index in [9.17, 15) is 72.9 Å². The Hall–Kier alpha value is -7.96. The van der Waals surface area contributed by atoms with Crippen LogP contribution >= 0.6 is 0 Å². The Labute approximate surface area is 452 Å². The van der Waals surface area contributed by atoms with E-state index in [0.29, 0.717) is 11.1 Å². The predicted molar refractivity (Wildman–Crippen MR) is 280 cm³/mol. The Balaban J connectivity index is 1.85. The average Bonchev–Trinajstić information content (AvgIpc) is 3.87. The molecule has 0 aromatic heterocycles. The van der Waals surface area contributed by atoms with Gasteiger partial charge < -0.3 is 68.3 Å². The number of nitrogens with two attached hydrogens (primary N) is 1. The first-order chi connectivity index (χ1) is 36.6. The fourth-order valence-electron chi connectivity index (χ4n) is 8.59. The molecule has 1 heterocycles. The van der Waals surface area contributed by atoms with Crippen LogP contribution in [-0.2, 0) is 70.4 Å². The summed E-state index contributed by atoms with van der Waals surface area (Å²) in [6.45, 7) is 11.7. The third-order valence-corrected chi connectivity index (χ3v) is 13.1. The van der Waals surface area contributed by atoms with E-state index in [1.54, 1.807) is 70.2 Å². The molecule has 2 aromatic carbocycles. The summed E-state index contributed by atoms with van der Waals surface area (Å²) in [5.74, 6) is -13.4. The molecule has 0 bridgehead atoms. The number of nitrogens with one attached hydrogen (secondary N) is 7. The number of hydrogen-bond acceptors (Lipinski definition) is 13. The highest BCUT2D eigenvalue weighted by Crippen LogP contribution is 2.22. The molecule has 428 valence electrons. The Morgan fingerprint density at radius 3 is 1.76 bits per heavy atom. The van der Waals surface area contributed by atoms with Crippen LogP contribution in [-0.4, -0.2) is 157 Å². The number of carbonyl (C=O) groups is 12. The minimum atomic E-state index is -1.84. The van der Waals surface area contributed by atoms with Gasteiger partial charge in [-0.25, -0.2) is 4.79 Å². The maximum Gasteiger partial charge on any atom is 0.326 e. The number of carboxylic acids is 4. The molecule has 78 heavy (non-hydrogen) atoms. The molecule has 0 saturated carbocycles. The second kappa shape index (κ2) is 30.7. The summed E-state index contributed by atoms with van der Waals surface area (Å²) in [6.07, 6.45) is -2.54. The van der Waals surface area contributed by atoms with Crippen molar-refractivity contribution in [3.05, 3.63) is 70.8 Å². The molecule has 9 atom stereocenters. The molecule has 0 spiro atoms. The van der Waals surface area contributed by atoms with Crippen LogP contribution < -0.4 is 43.0 Å². The zero-order valence-electron chi connectivity index (χ0n) is 45.0. The number of rotatable bonds is 31. The number of carboxylic acid groups (broad SMARTS) is 4. The van der Waals surface area contributed by atoms with Crippen LogP contribution in [0.2, 0.25) is 0 Å². The molecule has 0 radical (unpaired) electrons. The summed E-state index contributed by atoms with van der Waals surface area (Å²) in [5.41, 5.74) is 8.81. The summed E-state index contributed by atoms with van der Waals surface area (Å²) < 4.78 is 0.